The molecule has 0 aliphatic heterocycles. The van der Waals surface area contributed by atoms with Gasteiger partial charge in [0.25, 0.3) is 0 Å². The molecule has 0 aliphatic rings. The van der Waals surface area contributed by atoms with Gasteiger partial charge in [-0.1, -0.05) is 12.1 Å². The van der Waals surface area contributed by atoms with E-state index in [0.717, 1.165) is 5.56 Å². The van der Waals surface area contributed by atoms with Gasteiger partial charge >= 0.3 is 13.7 Å². The molecule has 0 spiro atoms. The number of carbonyl (C=O) groups excluding carboxylic acids is 1. The monoisotopic (exact) mass is 339 g/mol. The van der Waals surface area contributed by atoms with Gasteiger partial charge in [-0.15, -0.1) is 0 Å². The maximum absolute atomic E-state index is 11.7. The van der Waals surface area contributed by atoms with Crippen LogP contribution in [0.4, 0.5) is 0 Å². The molecular weight excluding hydrogens is 321 g/mol. The fraction of sp³-hybridized carbons (Fsp3) is 0.357. The first-order valence-corrected chi connectivity index (χ1v) is 8.66. The second-order valence-electron chi connectivity index (χ2n) is 4.53. The number of aromatic amines is 1. The van der Waals surface area contributed by atoms with E-state index in [4.69, 9.17) is 4.74 Å². The molecule has 124 valence electrons. The highest BCUT2D eigenvalue weighted by atomic mass is 31.2. The first-order valence-electron chi connectivity index (χ1n) is 7.13. The summed E-state index contributed by atoms with van der Waals surface area (Å²) < 4.78 is 24.6. The molecule has 1 heterocycles. The number of nitrogens with one attached hydrogen (secondary N) is 1. The van der Waals surface area contributed by atoms with Gasteiger partial charge in [0.15, 0.2) is 0 Å². The zero-order valence-electron chi connectivity index (χ0n) is 12.9. The Morgan fingerprint density at radius 1 is 1.43 bits per heavy atom. The van der Waals surface area contributed by atoms with Gasteiger partial charge in [-0.2, -0.15) is 4.76 Å². The molecule has 2 N–H and O–H groups in total. The summed E-state index contributed by atoms with van der Waals surface area (Å²) in [6.45, 7) is 3.69. The summed E-state index contributed by atoms with van der Waals surface area (Å²) in [6.07, 6.45) is 1.59. The van der Waals surface area contributed by atoms with Crippen LogP contribution in [0.15, 0.2) is 23.0 Å². The molecule has 0 saturated carbocycles. The lowest BCUT2D eigenvalue weighted by atomic mass is 10.1. The third-order valence-electron chi connectivity index (χ3n) is 2.90. The number of aromatic nitrogens is 2. The number of H-pyrrole nitrogens is 1. The third-order valence-corrected chi connectivity index (χ3v) is 3.95. The van der Waals surface area contributed by atoms with E-state index in [9.17, 15) is 14.3 Å². The highest BCUT2D eigenvalue weighted by Crippen LogP contribution is 2.42. The van der Waals surface area contributed by atoms with E-state index < -0.39 is 13.7 Å². The van der Waals surface area contributed by atoms with E-state index in [1.807, 2.05) is 0 Å². The summed E-state index contributed by atoms with van der Waals surface area (Å²) >= 11 is 0. The molecule has 1 unspecified atom stereocenters. The molecular formula is C14H18N3O5P. The quantitative estimate of drug-likeness (QED) is 0.455. The zero-order chi connectivity index (χ0) is 16.9. The topological polar surface area (TPSA) is 114 Å². The Hall–Kier alpha value is -2.02. The molecule has 0 radical (unpaired) electrons. The Morgan fingerprint density at radius 3 is 2.91 bits per heavy atom. The Labute approximate surface area is 133 Å². The predicted octanol–water partition coefficient (Wildman–Crippen LogP) is 2.49. The molecule has 1 aromatic heterocycles. The summed E-state index contributed by atoms with van der Waals surface area (Å²) in [5.41, 5.74) is 2.02. The van der Waals surface area contributed by atoms with E-state index in [-0.39, 0.29) is 25.5 Å². The number of ether oxygens (including phenoxy) is 1. The summed E-state index contributed by atoms with van der Waals surface area (Å²) in [4.78, 5) is 28.2. The standard InChI is InChI=1S/C14H18N3O5P/c1-3-21-14(18)13-16-11-7-5-6-10(12(11)17-13)8-9-15-23(19,20)22-4-2/h5-7,9H,3-4,8H2,1-2H3,(H,16,17)(H,19,20). The van der Waals surface area contributed by atoms with Crippen molar-refractivity contribution in [1.82, 2.24) is 9.97 Å². The SMILES string of the molecule is CCOC(=O)c1nc2c(CC=NP(=O)(O)OCC)cccc2[nH]1. The van der Waals surface area contributed by atoms with Gasteiger partial charge < -0.3 is 14.6 Å². The van der Waals surface area contributed by atoms with Crippen LogP contribution in [0.3, 0.4) is 0 Å². The van der Waals surface area contributed by atoms with Gasteiger partial charge in [-0.3, -0.25) is 4.52 Å². The number of hydrogen-bond donors (Lipinski definition) is 2. The maximum Gasteiger partial charge on any atom is 0.450 e. The van der Waals surface area contributed by atoms with Crippen LogP contribution in [-0.2, 0) is 20.2 Å². The summed E-state index contributed by atoms with van der Waals surface area (Å²) in [5, 5.41) is 0. The molecule has 2 aromatic rings. The average molecular weight is 339 g/mol. The number of benzene rings is 1. The molecule has 0 aliphatic carbocycles. The van der Waals surface area contributed by atoms with Crippen molar-refractivity contribution >= 4 is 31.0 Å². The third kappa shape index (κ3) is 4.48. The maximum atomic E-state index is 11.7. The normalized spacial score (nSPS) is 14.2. The van der Waals surface area contributed by atoms with Gasteiger partial charge in [0.05, 0.1) is 24.2 Å². The van der Waals surface area contributed by atoms with Gasteiger partial charge in [0.1, 0.15) is 0 Å². The smallest absolute Gasteiger partial charge is 0.450 e. The van der Waals surface area contributed by atoms with Crippen molar-refractivity contribution in [2.75, 3.05) is 13.2 Å². The van der Waals surface area contributed by atoms with Crippen molar-refractivity contribution in [3.05, 3.63) is 29.6 Å². The Bertz CT molecular complexity index is 771. The van der Waals surface area contributed by atoms with Crippen LogP contribution in [0.1, 0.15) is 30.0 Å². The molecule has 1 atom stereocenters. The summed E-state index contributed by atoms with van der Waals surface area (Å²) in [6, 6.07) is 5.37. The molecule has 9 heteroatoms. The number of fused-ring (bicyclic) bond motifs is 1. The molecule has 23 heavy (non-hydrogen) atoms. The van der Waals surface area contributed by atoms with Crippen molar-refractivity contribution in [3.8, 4) is 0 Å². The van der Waals surface area contributed by atoms with E-state index in [2.05, 4.69) is 19.3 Å². The number of carbonyl (C=O) groups is 1. The molecule has 1 aromatic carbocycles. The fourth-order valence-corrected chi connectivity index (χ4v) is 2.69. The lowest BCUT2D eigenvalue weighted by Crippen LogP contribution is -2.06. The van der Waals surface area contributed by atoms with Crippen LogP contribution in [0.5, 0.6) is 0 Å². The van der Waals surface area contributed by atoms with E-state index in [1.54, 1.807) is 32.0 Å². The van der Waals surface area contributed by atoms with Crippen LogP contribution in [0, 0.1) is 0 Å². The van der Waals surface area contributed by atoms with Crippen molar-refractivity contribution < 1.29 is 23.5 Å². The Kier molecular flexibility index (Phi) is 5.65. The number of rotatable bonds is 7. The molecule has 0 saturated heterocycles. The second kappa shape index (κ2) is 7.50. The molecule has 8 nitrogen and oxygen atoms in total. The van der Waals surface area contributed by atoms with Crippen molar-refractivity contribution in [3.63, 3.8) is 0 Å². The minimum absolute atomic E-state index is 0.100. The summed E-state index contributed by atoms with van der Waals surface area (Å²) in [5.74, 6) is -0.409. The first-order chi connectivity index (χ1) is 11.0. The average Bonchev–Trinajstić information content (AvgIpc) is 2.92. The van der Waals surface area contributed by atoms with E-state index in [1.165, 1.54) is 6.21 Å². The van der Waals surface area contributed by atoms with Gasteiger partial charge in [0, 0.05) is 12.6 Å². The Balaban J connectivity index is 2.23. The second-order valence-corrected chi connectivity index (χ2v) is 6.00. The van der Waals surface area contributed by atoms with Gasteiger partial charge in [0.2, 0.25) is 5.82 Å². The lowest BCUT2D eigenvalue weighted by molar-refractivity contribution is 0.0513. The Morgan fingerprint density at radius 2 is 2.22 bits per heavy atom. The van der Waals surface area contributed by atoms with Crippen molar-refractivity contribution in [2.24, 2.45) is 4.76 Å². The largest absolute Gasteiger partial charge is 0.460 e. The van der Waals surface area contributed by atoms with Crippen molar-refractivity contribution in [2.45, 2.75) is 20.3 Å². The number of nitrogens with zero attached hydrogens (tertiary/aromatic N) is 2. The van der Waals surface area contributed by atoms with E-state index >= 15 is 0 Å². The fourth-order valence-electron chi connectivity index (χ4n) is 2.00. The first kappa shape index (κ1) is 17.3. The number of imidazole rings is 1. The van der Waals surface area contributed by atoms with Crippen molar-refractivity contribution in [1.29, 1.82) is 0 Å². The highest BCUT2D eigenvalue weighted by Gasteiger charge is 2.16. The van der Waals surface area contributed by atoms with Crippen LogP contribution in [0.25, 0.3) is 11.0 Å². The molecule has 2 rings (SSSR count). The summed E-state index contributed by atoms with van der Waals surface area (Å²) in [7, 11) is -3.94. The molecule has 0 bridgehead atoms. The van der Waals surface area contributed by atoms with Crippen LogP contribution >= 0.6 is 7.75 Å². The number of hydrogen-bond acceptors (Lipinski definition) is 5. The predicted molar refractivity (Wildman–Crippen MR) is 85.7 cm³/mol. The number of para-hydroxylation sites is 1. The lowest BCUT2D eigenvalue weighted by Gasteiger charge is -2.03. The minimum Gasteiger partial charge on any atom is -0.460 e. The van der Waals surface area contributed by atoms with Gasteiger partial charge in [-0.25, -0.2) is 14.3 Å². The zero-order valence-corrected chi connectivity index (χ0v) is 13.7. The van der Waals surface area contributed by atoms with Crippen LogP contribution < -0.4 is 0 Å². The van der Waals surface area contributed by atoms with Crippen LogP contribution in [0.2, 0.25) is 0 Å². The highest BCUT2D eigenvalue weighted by molar-refractivity contribution is 7.51. The van der Waals surface area contributed by atoms with Gasteiger partial charge in [-0.05, 0) is 25.5 Å². The molecule has 0 amide bonds. The minimum atomic E-state index is -3.94. The van der Waals surface area contributed by atoms with Crippen LogP contribution in [-0.4, -0.2) is 40.3 Å². The van der Waals surface area contributed by atoms with E-state index in [0.29, 0.717) is 11.0 Å². The molecule has 0 fully saturated rings. The number of esters is 1.